The van der Waals surface area contributed by atoms with E-state index in [2.05, 4.69) is 0 Å². The number of ether oxygens (including phenoxy) is 1. The second-order valence-electron chi connectivity index (χ2n) is 4.15. The lowest BCUT2D eigenvalue weighted by Crippen LogP contribution is -1.94. The minimum atomic E-state index is -0.360. The number of hydrogen-bond donors (Lipinski definition) is 1. The largest absolute Gasteiger partial charge is 0.508 e. The summed E-state index contributed by atoms with van der Waals surface area (Å²) >= 11 is 1.57. The van der Waals surface area contributed by atoms with Crippen LogP contribution in [0.15, 0.2) is 48.5 Å². The third-order valence-electron chi connectivity index (χ3n) is 2.76. The van der Waals surface area contributed by atoms with E-state index in [1.807, 2.05) is 12.1 Å². The number of thiophene rings is 1. The summed E-state index contributed by atoms with van der Waals surface area (Å²) in [5.74, 6) is 0.135. The van der Waals surface area contributed by atoms with E-state index >= 15 is 0 Å². The minimum absolute atomic E-state index is 0.242. The van der Waals surface area contributed by atoms with Crippen molar-refractivity contribution in [2.45, 2.75) is 6.61 Å². The molecule has 1 aromatic heterocycles. The molecule has 0 unspecified atom stereocenters. The molecule has 2 aromatic carbocycles. The van der Waals surface area contributed by atoms with Crippen LogP contribution >= 0.6 is 11.3 Å². The van der Waals surface area contributed by atoms with Gasteiger partial charge in [-0.2, -0.15) is 0 Å². The van der Waals surface area contributed by atoms with E-state index in [-0.39, 0.29) is 17.3 Å². The summed E-state index contributed by atoms with van der Waals surface area (Å²) < 4.78 is 19.9. The molecule has 0 fully saturated rings. The first-order valence-corrected chi connectivity index (χ1v) is 6.63. The first-order valence-electron chi connectivity index (χ1n) is 5.81. The van der Waals surface area contributed by atoms with E-state index in [4.69, 9.17) is 4.74 Å². The van der Waals surface area contributed by atoms with Crippen molar-refractivity contribution in [1.29, 1.82) is 0 Å². The highest BCUT2D eigenvalue weighted by Crippen LogP contribution is 2.29. The van der Waals surface area contributed by atoms with Crippen molar-refractivity contribution in [3.63, 3.8) is 0 Å². The van der Waals surface area contributed by atoms with Crippen molar-refractivity contribution in [2.24, 2.45) is 0 Å². The molecule has 0 spiro atoms. The maximum absolute atomic E-state index is 13.4. The van der Waals surface area contributed by atoms with Gasteiger partial charge in [-0.3, -0.25) is 0 Å². The predicted octanol–water partition coefficient (Wildman–Crippen LogP) is 4.33. The summed E-state index contributed by atoms with van der Waals surface area (Å²) in [6.45, 7) is 0.320. The van der Waals surface area contributed by atoms with Crippen LogP contribution in [-0.2, 0) is 6.61 Å². The first kappa shape index (κ1) is 12.0. The molecule has 0 saturated carbocycles. The highest BCUT2D eigenvalue weighted by molar-refractivity contribution is 7.19. The molecule has 0 saturated heterocycles. The number of fused-ring (bicyclic) bond motifs is 1. The minimum Gasteiger partial charge on any atom is -0.508 e. The highest BCUT2D eigenvalue weighted by Gasteiger charge is 2.05. The zero-order chi connectivity index (χ0) is 13.2. The van der Waals surface area contributed by atoms with Crippen LogP contribution in [0.4, 0.5) is 4.39 Å². The van der Waals surface area contributed by atoms with Crippen LogP contribution in [-0.4, -0.2) is 5.11 Å². The summed E-state index contributed by atoms with van der Waals surface area (Å²) in [6.07, 6.45) is 0. The second-order valence-corrected chi connectivity index (χ2v) is 5.32. The Bertz CT molecular complexity index is 721. The van der Waals surface area contributed by atoms with Gasteiger partial charge >= 0.3 is 0 Å². The Hall–Kier alpha value is -2.07. The molecule has 1 N–H and O–H groups in total. The van der Waals surface area contributed by atoms with Gasteiger partial charge < -0.3 is 9.84 Å². The van der Waals surface area contributed by atoms with E-state index in [9.17, 15) is 9.50 Å². The van der Waals surface area contributed by atoms with Gasteiger partial charge in [0.15, 0.2) is 11.6 Å². The van der Waals surface area contributed by atoms with Crippen molar-refractivity contribution < 1.29 is 14.2 Å². The van der Waals surface area contributed by atoms with Gasteiger partial charge in [0, 0.05) is 9.58 Å². The number of benzene rings is 2. The maximum Gasteiger partial charge on any atom is 0.165 e. The molecule has 0 bridgehead atoms. The molecule has 0 amide bonds. The number of rotatable bonds is 3. The Morgan fingerprint density at radius 2 is 1.95 bits per heavy atom. The molecule has 0 aliphatic rings. The van der Waals surface area contributed by atoms with Gasteiger partial charge in [-0.15, -0.1) is 11.3 Å². The van der Waals surface area contributed by atoms with Crippen LogP contribution in [0.25, 0.3) is 10.1 Å². The Morgan fingerprint density at radius 3 is 2.79 bits per heavy atom. The van der Waals surface area contributed by atoms with Crippen LogP contribution in [0, 0.1) is 5.82 Å². The lowest BCUT2D eigenvalue weighted by atomic mass is 10.2. The van der Waals surface area contributed by atoms with E-state index in [1.165, 1.54) is 6.07 Å². The average Bonchev–Trinajstić information content (AvgIpc) is 2.79. The molecular weight excluding hydrogens is 263 g/mol. The van der Waals surface area contributed by atoms with Gasteiger partial charge in [0.25, 0.3) is 0 Å². The normalized spacial score (nSPS) is 10.8. The molecule has 3 rings (SSSR count). The van der Waals surface area contributed by atoms with E-state index in [0.717, 1.165) is 15.0 Å². The van der Waals surface area contributed by atoms with Crippen LogP contribution in [0.5, 0.6) is 11.5 Å². The second kappa shape index (κ2) is 4.90. The van der Waals surface area contributed by atoms with Crippen LogP contribution in [0.2, 0.25) is 0 Å². The number of halogens is 1. The molecule has 0 aliphatic carbocycles. The standard InChI is InChI=1S/C15H11FO2S/c16-13-3-1-2-4-14(13)18-9-12-8-10-7-11(17)5-6-15(10)19-12/h1-8,17H,9H2. The van der Waals surface area contributed by atoms with Crippen molar-refractivity contribution in [3.8, 4) is 11.5 Å². The molecule has 0 aliphatic heterocycles. The third-order valence-corrected chi connectivity index (χ3v) is 3.85. The molecule has 4 heteroatoms. The van der Waals surface area contributed by atoms with Crippen molar-refractivity contribution in [3.05, 3.63) is 59.2 Å². The van der Waals surface area contributed by atoms with Crippen LogP contribution < -0.4 is 4.74 Å². The number of phenolic OH excluding ortho intramolecular Hbond substituents is 1. The fourth-order valence-corrected chi connectivity index (χ4v) is 2.83. The van der Waals surface area contributed by atoms with Crippen molar-refractivity contribution >= 4 is 21.4 Å². The Labute approximate surface area is 113 Å². The zero-order valence-corrected chi connectivity index (χ0v) is 10.8. The first-order chi connectivity index (χ1) is 9.22. The number of para-hydroxylation sites is 1. The van der Waals surface area contributed by atoms with E-state index < -0.39 is 0 Å². The maximum atomic E-state index is 13.4. The Kier molecular flexibility index (Phi) is 3.09. The summed E-state index contributed by atoms with van der Waals surface area (Å²) in [5, 5.41) is 10.4. The van der Waals surface area contributed by atoms with Gasteiger partial charge in [-0.1, -0.05) is 12.1 Å². The summed E-state index contributed by atoms with van der Waals surface area (Å²) in [4.78, 5) is 0.990. The number of aromatic hydroxyl groups is 1. The Balaban J connectivity index is 1.80. The monoisotopic (exact) mass is 274 g/mol. The predicted molar refractivity (Wildman–Crippen MR) is 74.2 cm³/mol. The molecule has 19 heavy (non-hydrogen) atoms. The summed E-state index contributed by atoms with van der Waals surface area (Å²) in [6, 6.07) is 13.5. The van der Waals surface area contributed by atoms with Crippen molar-refractivity contribution in [1.82, 2.24) is 0 Å². The fraction of sp³-hybridized carbons (Fsp3) is 0.0667. The molecule has 0 radical (unpaired) electrons. The highest BCUT2D eigenvalue weighted by atomic mass is 32.1. The molecule has 3 aromatic rings. The van der Waals surface area contributed by atoms with Gasteiger partial charge in [-0.25, -0.2) is 4.39 Å². The zero-order valence-electron chi connectivity index (χ0n) is 9.97. The lowest BCUT2D eigenvalue weighted by Gasteiger charge is -2.04. The molecule has 96 valence electrons. The molecule has 1 heterocycles. The van der Waals surface area contributed by atoms with Gasteiger partial charge in [-0.05, 0) is 41.8 Å². The molecular formula is C15H11FO2S. The summed E-state index contributed by atoms with van der Waals surface area (Å²) in [5.41, 5.74) is 0. The van der Waals surface area contributed by atoms with Gasteiger partial charge in [0.2, 0.25) is 0 Å². The summed E-state index contributed by atoms with van der Waals surface area (Å²) in [7, 11) is 0. The third kappa shape index (κ3) is 2.53. The smallest absolute Gasteiger partial charge is 0.165 e. The van der Waals surface area contributed by atoms with Crippen LogP contribution in [0.3, 0.4) is 0 Å². The molecule has 2 nitrogen and oxygen atoms in total. The quantitative estimate of drug-likeness (QED) is 0.770. The van der Waals surface area contributed by atoms with Crippen molar-refractivity contribution in [2.75, 3.05) is 0 Å². The molecule has 0 atom stereocenters. The van der Waals surface area contributed by atoms with E-state index in [1.54, 1.807) is 41.7 Å². The number of phenols is 1. The van der Waals surface area contributed by atoms with Gasteiger partial charge in [0.1, 0.15) is 12.4 Å². The van der Waals surface area contributed by atoms with E-state index in [0.29, 0.717) is 6.61 Å². The van der Waals surface area contributed by atoms with Gasteiger partial charge in [0.05, 0.1) is 0 Å². The fourth-order valence-electron chi connectivity index (χ4n) is 1.87. The lowest BCUT2D eigenvalue weighted by molar-refractivity contribution is 0.293. The number of hydrogen-bond acceptors (Lipinski definition) is 3. The van der Waals surface area contributed by atoms with Crippen LogP contribution in [0.1, 0.15) is 4.88 Å². The average molecular weight is 274 g/mol. The Morgan fingerprint density at radius 1 is 1.11 bits per heavy atom. The topological polar surface area (TPSA) is 29.5 Å². The SMILES string of the molecule is Oc1ccc2sc(COc3ccccc3F)cc2c1.